The Bertz CT molecular complexity index is 792. The fourth-order valence-corrected chi connectivity index (χ4v) is 4.12. The van der Waals surface area contributed by atoms with Gasteiger partial charge in [-0.25, -0.2) is 0 Å². The first-order valence-corrected chi connectivity index (χ1v) is 10.7. The summed E-state index contributed by atoms with van der Waals surface area (Å²) in [6.45, 7) is 10.7. The highest BCUT2D eigenvalue weighted by atomic mass is 16.5. The fraction of sp³-hybridized carbons (Fsp3) is 0.619. The minimum Gasteiger partial charge on any atom is -0.465 e. The van der Waals surface area contributed by atoms with Crippen molar-refractivity contribution < 1.29 is 13.7 Å². The van der Waals surface area contributed by atoms with E-state index >= 15 is 0 Å². The number of aliphatic imine (C=N–C) groups is 1. The van der Waals surface area contributed by atoms with Crippen molar-refractivity contribution in [3.05, 3.63) is 41.7 Å². The molecule has 1 atom stereocenters. The van der Waals surface area contributed by atoms with Gasteiger partial charge in [-0.1, -0.05) is 5.16 Å². The molecule has 1 N–H and O–H groups in total. The lowest BCUT2D eigenvalue weighted by atomic mass is 10.1. The maximum absolute atomic E-state index is 5.98. The van der Waals surface area contributed by atoms with Crippen LogP contribution in [-0.4, -0.2) is 91.9 Å². The number of rotatable bonds is 6. The number of ether oxygens (including phenoxy) is 1. The molecule has 0 radical (unpaired) electrons. The summed E-state index contributed by atoms with van der Waals surface area (Å²) in [7, 11) is 1.85. The highest BCUT2D eigenvalue weighted by Gasteiger charge is 2.27. The minimum atomic E-state index is 0.160. The zero-order valence-corrected chi connectivity index (χ0v) is 17.9. The van der Waals surface area contributed by atoms with Gasteiger partial charge in [0.25, 0.3) is 0 Å². The normalized spacial score (nSPS) is 20.5. The molecule has 2 fully saturated rings. The Kier molecular flexibility index (Phi) is 7.03. The van der Waals surface area contributed by atoms with Gasteiger partial charge in [-0.15, -0.1) is 0 Å². The van der Waals surface area contributed by atoms with Gasteiger partial charge in [-0.2, -0.15) is 0 Å². The van der Waals surface area contributed by atoms with E-state index in [1.807, 2.05) is 26.1 Å². The molecule has 0 amide bonds. The van der Waals surface area contributed by atoms with Crippen LogP contribution in [0.25, 0.3) is 0 Å². The van der Waals surface area contributed by atoms with Crippen molar-refractivity contribution in [1.82, 2.24) is 25.2 Å². The number of morpholine rings is 1. The summed E-state index contributed by atoms with van der Waals surface area (Å²) in [6.07, 6.45) is 1.63. The van der Waals surface area contributed by atoms with E-state index in [-0.39, 0.29) is 6.04 Å². The first kappa shape index (κ1) is 20.9. The highest BCUT2D eigenvalue weighted by Crippen LogP contribution is 2.23. The van der Waals surface area contributed by atoms with Crippen LogP contribution >= 0.6 is 0 Å². The van der Waals surface area contributed by atoms with E-state index in [4.69, 9.17) is 13.7 Å². The molecule has 164 valence electrons. The van der Waals surface area contributed by atoms with Gasteiger partial charge in [0.15, 0.2) is 5.96 Å². The van der Waals surface area contributed by atoms with Crippen LogP contribution in [0.5, 0.6) is 0 Å². The molecule has 0 aromatic carbocycles. The first-order valence-electron chi connectivity index (χ1n) is 10.7. The van der Waals surface area contributed by atoms with Gasteiger partial charge in [0.2, 0.25) is 0 Å². The molecule has 2 aromatic rings. The summed E-state index contributed by atoms with van der Waals surface area (Å²) >= 11 is 0. The smallest absolute Gasteiger partial charge is 0.193 e. The van der Waals surface area contributed by atoms with Gasteiger partial charge in [0, 0.05) is 65.5 Å². The molecule has 0 saturated carbocycles. The number of nitrogens with zero attached hydrogens (tertiary/aromatic N) is 5. The van der Waals surface area contributed by atoms with Crippen molar-refractivity contribution in [2.75, 3.05) is 66.1 Å². The van der Waals surface area contributed by atoms with Gasteiger partial charge >= 0.3 is 0 Å². The van der Waals surface area contributed by atoms with Crippen LogP contribution in [-0.2, 0) is 11.3 Å². The Morgan fingerprint density at radius 2 is 1.93 bits per heavy atom. The van der Waals surface area contributed by atoms with E-state index in [1.54, 1.807) is 6.26 Å². The molecule has 30 heavy (non-hydrogen) atoms. The number of aryl methyl sites for hydroxylation is 1. The van der Waals surface area contributed by atoms with Crippen molar-refractivity contribution in [3.63, 3.8) is 0 Å². The van der Waals surface area contributed by atoms with Crippen LogP contribution in [0, 0.1) is 6.92 Å². The number of hydrogen-bond acceptors (Lipinski definition) is 7. The van der Waals surface area contributed by atoms with Gasteiger partial charge in [0.05, 0.1) is 24.9 Å². The molecular weight excluding hydrogens is 384 g/mol. The van der Waals surface area contributed by atoms with Crippen molar-refractivity contribution in [2.24, 2.45) is 4.99 Å². The Balaban J connectivity index is 1.33. The number of guanidine groups is 1. The lowest BCUT2D eigenvalue weighted by Crippen LogP contribution is -2.53. The van der Waals surface area contributed by atoms with Crippen molar-refractivity contribution in [3.8, 4) is 0 Å². The molecular formula is C21H32N6O3. The molecule has 9 nitrogen and oxygen atoms in total. The Morgan fingerprint density at radius 3 is 2.57 bits per heavy atom. The number of hydrogen-bond donors (Lipinski definition) is 1. The summed E-state index contributed by atoms with van der Waals surface area (Å²) in [5.74, 6) is 2.88. The third kappa shape index (κ3) is 5.21. The van der Waals surface area contributed by atoms with E-state index in [0.29, 0.717) is 0 Å². The predicted octanol–water partition coefficient (Wildman–Crippen LogP) is 1.34. The number of furan rings is 1. The van der Waals surface area contributed by atoms with Crippen LogP contribution in [0.2, 0.25) is 0 Å². The number of nitrogens with one attached hydrogen (secondary N) is 1. The third-order valence-electron chi connectivity index (χ3n) is 5.79. The molecule has 0 spiro atoms. The molecule has 1 unspecified atom stereocenters. The standard InChI is InChI=1S/C21H32N6O3/c1-17-3-4-20(30-17)19(26-10-13-28-14-11-26)15-23-21(22-2)27-8-6-25(7-9-27)16-18-5-12-29-24-18/h3-5,12,19H,6-11,13-16H2,1-2H3,(H,22,23). The number of aromatic nitrogens is 1. The molecule has 4 rings (SSSR count). The van der Waals surface area contributed by atoms with E-state index in [9.17, 15) is 0 Å². The fourth-order valence-electron chi connectivity index (χ4n) is 4.12. The highest BCUT2D eigenvalue weighted by molar-refractivity contribution is 5.80. The average Bonchev–Trinajstić information content (AvgIpc) is 3.45. The maximum atomic E-state index is 5.98. The van der Waals surface area contributed by atoms with E-state index in [2.05, 4.69) is 36.2 Å². The second kappa shape index (κ2) is 10.1. The van der Waals surface area contributed by atoms with Gasteiger partial charge in [-0.3, -0.25) is 14.8 Å². The molecule has 0 aliphatic carbocycles. The van der Waals surface area contributed by atoms with Crippen LogP contribution in [0.3, 0.4) is 0 Å². The average molecular weight is 417 g/mol. The SMILES string of the molecule is CN=C(NCC(c1ccc(C)o1)N1CCOCC1)N1CCN(Cc2ccon2)CC1. The zero-order chi connectivity index (χ0) is 20.8. The summed E-state index contributed by atoms with van der Waals surface area (Å²) < 4.78 is 16.5. The number of piperazine rings is 1. The second-order valence-electron chi connectivity index (χ2n) is 7.79. The Labute approximate surface area is 177 Å². The van der Waals surface area contributed by atoms with Crippen LogP contribution in [0.15, 0.2) is 38.4 Å². The predicted molar refractivity (Wildman–Crippen MR) is 113 cm³/mol. The van der Waals surface area contributed by atoms with Crippen molar-refractivity contribution >= 4 is 5.96 Å². The zero-order valence-electron chi connectivity index (χ0n) is 17.9. The monoisotopic (exact) mass is 416 g/mol. The Morgan fingerprint density at radius 1 is 1.13 bits per heavy atom. The van der Waals surface area contributed by atoms with Gasteiger partial charge in [0.1, 0.15) is 17.8 Å². The molecule has 2 aromatic heterocycles. The van der Waals surface area contributed by atoms with Crippen molar-refractivity contribution in [1.29, 1.82) is 0 Å². The quantitative estimate of drug-likeness (QED) is 0.558. The Hall–Kier alpha value is -2.36. The molecule has 9 heteroatoms. The van der Waals surface area contributed by atoms with E-state index < -0.39 is 0 Å². The summed E-state index contributed by atoms with van der Waals surface area (Å²) in [5, 5.41) is 7.61. The first-order chi connectivity index (χ1) is 14.7. The summed E-state index contributed by atoms with van der Waals surface area (Å²) in [4.78, 5) is 11.7. The molecule has 4 heterocycles. The van der Waals surface area contributed by atoms with E-state index in [0.717, 1.165) is 88.7 Å². The van der Waals surface area contributed by atoms with E-state index in [1.165, 1.54) is 0 Å². The van der Waals surface area contributed by atoms with Crippen molar-refractivity contribution in [2.45, 2.75) is 19.5 Å². The second-order valence-corrected chi connectivity index (χ2v) is 7.79. The third-order valence-corrected chi connectivity index (χ3v) is 5.79. The van der Waals surface area contributed by atoms with Crippen LogP contribution < -0.4 is 5.32 Å². The largest absolute Gasteiger partial charge is 0.465 e. The molecule has 0 bridgehead atoms. The van der Waals surface area contributed by atoms with Crippen LogP contribution in [0.4, 0.5) is 0 Å². The minimum absolute atomic E-state index is 0.160. The topological polar surface area (TPSA) is 82.5 Å². The maximum Gasteiger partial charge on any atom is 0.193 e. The van der Waals surface area contributed by atoms with Crippen LogP contribution in [0.1, 0.15) is 23.3 Å². The molecule has 2 saturated heterocycles. The summed E-state index contributed by atoms with van der Waals surface area (Å²) in [5.41, 5.74) is 0.980. The summed E-state index contributed by atoms with van der Waals surface area (Å²) in [6, 6.07) is 6.20. The van der Waals surface area contributed by atoms with Gasteiger partial charge in [-0.05, 0) is 19.1 Å². The lowest BCUT2D eigenvalue weighted by molar-refractivity contribution is 0.0123. The van der Waals surface area contributed by atoms with Gasteiger partial charge < -0.3 is 23.9 Å². The lowest BCUT2D eigenvalue weighted by Gasteiger charge is -2.37. The molecule has 2 aliphatic heterocycles. The molecule has 2 aliphatic rings.